The van der Waals surface area contributed by atoms with Gasteiger partial charge in [0, 0.05) is 37.2 Å². The van der Waals surface area contributed by atoms with Crippen LogP contribution in [-0.4, -0.2) is 54.7 Å². The first kappa shape index (κ1) is 16.6. The van der Waals surface area contributed by atoms with Crippen LogP contribution in [0.1, 0.15) is 12.8 Å². The highest BCUT2D eigenvalue weighted by Gasteiger charge is 2.26. The van der Waals surface area contributed by atoms with Gasteiger partial charge in [0.25, 0.3) is 0 Å². The number of hydrogen-bond acceptors (Lipinski definition) is 3. The van der Waals surface area contributed by atoms with Crippen LogP contribution in [0, 0.1) is 0 Å². The number of nitrogens with one attached hydrogen (secondary N) is 1. The molecule has 1 aliphatic rings. The van der Waals surface area contributed by atoms with Gasteiger partial charge in [-0.1, -0.05) is 12.1 Å². The number of aliphatic carboxylic acids is 1. The van der Waals surface area contributed by atoms with Crippen LogP contribution in [0.15, 0.2) is 28.7 Å². The van der Waals surface area contributed by atoms with Crippen LogP contribution >= 0.6 is 15.9 Å². The van der Waals surface area contributed by atoms with Crippen LogP contribution in [0.4, 0.5) is 10.5 Å². The van der Waals surface area contributed by atoms with Gasteiger partial charge in [-0.05, 0) is 34.5 Å². The summed E-state index contributed by atoms with van der Waals surface area (Å²) in [5, 5.41) is 11.6. The molecule has 1 fully saturated rings. The highest BCUT2D eigenvalue weighted by atomic mass is 79.9. The molecule has 1 aliphatic heterocycles. The first-order valence-electron chi connectivity index (χ1n) is 7.20. The van der Waals surface area contributed by atoms with E-state index in [0.29, 0.717) is 0 Å². The van der Waals surface area contributed by atoms with Crippen molar-refractivity contribution in [1.82, 2.24) is 10.2 Å². The maximum Gasteiger partial charge on any atom is 0.317 e. The van der Waals surface area contributed by atoms with Crippen molar-refractivity contribution in [3.8, 4) is 0 Å². The number of anilines is 1. The van der Waals surface area contributed by atoms with Crippen LogP contribution < -0.4 is 10.2 Å². The van der Waals surface area contributed by atoms with Crippen LogP contribution in [-0.2, 0) is 4.79 Å². The number of hydrogen-bond donors (Lipinski definition) is 2. The molecule has 0 aromatic heterocycles. The number of carbonyl (C=O) groups excluding carboxylic acids is 1. The largest absolute Gasteiger partial charge is 0.481 e. The molecule has 1 saturated heterocycles. The van der Waals surface area contributed by atoms with Crippen molar-refractivity contribution in [3.63, 3.8) is 0 Å². The SMILES string of the molecule is CN(CCC(=O)O)C(=O)NC1CCN(c2ccccc2Br)C1. The zero-order valence-corrected chi connectivity index (χ0v) is 14.0. The zero-order valence-electron chi connectivity index (χ0n) is 12.5. The molecule has 2 rings (SSSR count). The highest BCUT2D eigenvalue weighted by molar-refractivity contribution is 9.10. The minimum absolute atomic E-state index is 0.0440. The number of halogens is 1. The summed E-state index contributed by atoms with van der Waals surface area (Å²) in [5.74, 6) is -0.902. The van der Waals surface area contributed by atoms with Crippen molar-refractivity contribution < 1.29 is 14.7 Å². The van der Waals surface area contributed by atoms with Gasteiger partial charge in [0.05, 0.1) is 12.1 Å². The summed E-state index contributed by atoms with van der Waals surface area (Å²) >= 11 is 3.54. The number of carbonyl (C=O) groups is 2. The molecule has 0 radical (unpaired) electrons. The van der Waals surface area contributed by atoms with Gasteiger partial charge >= 0.3 is 12.0 Å². The Morgan fingerprint density at radius 2 is 2.18 bits per heavy atom. The van der Waals surface area contributed by atoms with Gasteiger partial charge < -0.3 is 20.2 Å². The normalized spacial score (nSPS) is 17.4. The van der Waals surface area contributed by atoms with E-state index in [1.807, 2.05) is 24.3 Å². The fourth-order valence-electron chi connectivity index (χ4n) is 2.45. The van der Waals surface area contributed by atoms with E-state index >= 15 is 0 Å². The Labute approximate surface area is 138 Å². The summed E-state index contributed by atoms with van der Waals surface area (Å²) in [7, 11) is 1.61. The Balaban J connectivity index is 1.85. The van der Waals surface area contributed by atoms with E-state index in [2.05, 4.69) is 26.1 Å². The summed E-state index contributed by atoms with van der Waals surface area (Å²) in [6.07, 6.45) is 0.831. The minimum Gasteiger partial charge on any atom is -0.481 e. The van der Waals surface area contributed by atoms with Gasteiger partial charge in [-0.3, -0.25) is 4.79 Å². The van der Waals surface area contributed by atoms with E-state index in [9.17, 15) is 9.59 Å². The quantitative estimate of drug-likeness (QED) is 0.833. The predicted octanol–water partition coefficient (Wildman–Crippen LogP) is 2.14. The van der Waals surface area contributed by atoms with Crippen molar-refractivity contribution in [2.24, 2.45) is 0 Å². The number of urea groups is 1. The number of nitrogens with zero attached hydrogens (tertiary/aromatic N) is 2. The van der Waals surface area contributed by atoms with Gasteiger partial charge in [-0.25, -0.2) is 4.79 Å². The Hall–Kier alpha value is -1.76. The minimum atomic E-state index is -0.902. The summed E-state index contributed by atoms with van der Waals surface area (Å²) in [4.78, 5) is 26.2. The van der Waals surface area contributed by atoms with Gasteiger partial charge in [-0.2, -0.15) is 0 Å². The second-order valence-electron chi connectivity index (χ2n) is 5.40. The van der Waals surface area contributed by atoms with Crippen LogP contribution in [0.3, 0.4) is 0 Å². The number of para-hydroxylation sites is 1. The zero-order chi connectivity index (χ0) is 16.1. The molecule has 0 saturated carbocycles. The van der Waals surface area contributed by atoms with Crippen LogP contribution in [0.2, 0.25) is 0 Å². The molecular formula is C15H20BrN3O3. The van der Waals surface area contributed by atoms with Gasteiger partial charge in [0.2, 0.25) is 0 Å². The molecule has 1 atom stereocenters. The lowest BCUT2D eigenvalue weighted by Gasteiger charge is -2.22. The topological polar surface area (TPSA) is 72.9 Å². The Kier molecular flexibility index (Phi) is 5.65. The fourth-order valence-corrected chi connectivity index (χ4v) is 2.99. The standard InChI is InChI=1S/C15H20BrN3O3/c1-18(8-7-14(20)21)15(22)17-11-6-9-19(10-11)13-5-3-2-4-12(13)16/h2-5,11H,6-10H2,1H3,(H,17,22)(H,20,21). The molecule has 120 valence electrons. The Bertz CT molecular complexity index is 553. The van der Waals surface area contributed by atoms with E-state index in [4.69, 9.17) is 5.11 Å². The molecule has 1 aromatic rings. The molecule has 6 nitrogen and oxygen atoms in total. The lowest BCUT2D eigenvalue weighted by Crippen LogP contribution is -2.44. The lowest BCUT2D eigenvalue weighted by atomic mass is 10.2. The molecule has 2 amide bonds. The summed E-state index contributed by atoms with van der Waals surface area (Å²) in [5.41, 5.74) is 1.12. The monoisotopic (exact) mass is 369 g/mol. The Morgan fingerprint density at radius 3 is 2.86 bits per heavy atom. The van der Waals surface area contributed by atoms with Crippen LogP contribution in [0.25, 0.3) is 0 Å². The van der Waals surface area contributed by atoms with Crippen molar-refractivity contribution in [1.29, 1.82) is 0 Å². The predicted molar refractivity (Wildman–Crippen MR) is 88.2 cm³/mol. The molecule has 22 heavy (non-hydrogen) atoms. The van der Waals surface area contributed by atoms with Gasteiger partial charge in [-0.15, -0.1) is 0 Å². The summed E-state index contributed by atoms with van der Waals surface area (Å²) in [6.45, 7) is 1.84. The lowest BCUT2D eigenvalue weighted by molar-refractivity contribution is -0.137. The van der Waals surface area contributed by atoms with Gasteiger partial charge in [0.15, 0.2) is 0 Å². The molecule has 2 N–H and O–H groups in total. The number of benzene rings is 1. The van der Waals surface area contributed by atoms with Gasteiger partial charge in [0.1, 0.15) is 0 Å². The third-order valence-electron chi connectivity index (χ3n) is 3.72. The second kappa shape index (κ2) is 7.49. The van der Waals surface area contributed by atoms with Crippen molar-refractivity contribution in [3.05, 3.63) is 28.7 Å². The molecular weight excluding hydrogens is 350 g/mol. The summed E-state index contributed by atoms with van der Waals surface area (Å²) in [6, 6.07) is 7.87. The summed E-state index contributed by atoms with van der Waals surface area (Å²) < 4.78 is 1.04. The van der Waals surface area contributed by atoms with Crippen molar-refractivity contribution in [2.45, 2.75) is 18.9 Å². The smallest absolute Gasteiger partial charge is 0.317 e. The average molecular weight is 370 g/mol. The van der Waals surface area contributed by atoms with E-state index in [1.165, 1.54) is 4.90 Å². The molecule has 7 heteroatoms. The first-order valence-corrected chi connectivity index (χ1v) is 7.99. The molecule has 1 aromatic carbocycles. The molecule has 1 heterocycles. The average Bonchev–Trinajstić information content (AvgIpc) is 2.93. The number of carboxylic acids is 1. The number of carboxylic acid groups (broad SMARTS) is 1. The molecule has 0 bridgehead atoms. The van der Waals surface area contributed by atoms with E-state index in [-0.39, 0.29) is 25.0 Å². The molecule has 1 unspecified atom stereocenters. The fraction of sp³-hybridized carbons (Fsp3) is 0.467. The second-order valence-corrected chi connectivity index (χ2v) is 6.25. The maximum atomic E-state index is 12.0. The van der Waals surface area contributed by atoms with Crippen LogP contribution in [0.5, 0.6) is 0 Å². The third-order valence-corrected chi connectivity index (χ3v) is 4.39. The van der Waals surface area contributed by atoms with E-state index in [1.54, 1.807) is 7.05 Å². The molecule has 0 aliphatic carbocycles. The first-order chi connectivity index (χ1) is 10.5. The highest BCUT2D eigenvalue weighted by Crippen LogP contribution is 2.28. The maximum absolute atomic E-state index is 12.0. The molecule has 0 spiro atoms. The van der Waals surface area contributed by atoms with E-state index < -0.39 is 5.97 Å². The number of rotatable bonds is 5. The number of amides is 2. The Morgan fingerprint density at radius 1 is 1.45 bits per heavy atom. The van der Waals surface area contributed by atoms with Crippen molar-refractivity contribution in [2.75, 3.05) is 31.6 Å². The van der Waals surface area contributed by atoms with Crippen molar-refractivity contribution >= 4 is 33.6 Å². The third kappa shape index (κ3) is 4.37. The van der Waals surface area contributed by atoms with E-state index in [0.717, 1.165) is 29.7 Å².